The third-order valence-electron chi connectivity index (χ3n) is 7.76. The number of fused-ring (bicyclic) bond motifs is 2. The number of benzene rings is 1. The van der Waals surface area contributed by atoms with E-state index >= 15 is 0 Å². The highest BCUT2D eigenvalue weighted by atomic mass is 35.5. The Kier molecular flexibility index (Phi) is 7.61. The molecule has 3 aromatic rings. The van der Waals surface area contributed by atoms with Crippen molar-refractivity contribution < 1.29 is 22.7 Å². The molecule has 14 heteroatoms. The molecule has 3 aliphatic rings. The number of aromatic nitrogens is 2. The highest BCUT2D eigenvalue weighted by Crippen LogP contribution is 2.29. The molecular weight excluding hydrogens is 576 g/mol. The normalized spacial score (nSPS) is 21.1. The van der Waals surface area contributed by atoms with E-state index in [2.05, 4.69) is 14.9 Å². The molecule has 1 N–H and O–H groups in total. The van der Waals surface area contributed by atoms with Gasteiger partial charge in [-0.2, -0.15) is 4.31 Å². The van der Waals surface area contributed by atoms with E-state index in [4.69, 9.17) is 16.3 Å². The first-order valence-electron chi connectivity index (χ1n) is 13.3. The predicted octanol–water partition coefficient (Wildman–Crippen LogP) is 2.03. The van der Waals surface area contributed by atoms with Crippen LogP contribution in [0.4, 0.5) is 0 Å². The van der Waals surface area contributed by atoms with E-state index in [-0.39, 0.29) is 42.9 Å². The van der Waals surface area contributed by atoms with Gasteiger partial charge in [0.05, 0.1) is 24.9 Å². The lowest BCUT2D eigenvalue weighted by molar-refractivity contribution is -0.136. The van der Waals surface area contributed by atoms with E-state index in [9.17, 15) is 18.0 Å². The zero-order valence-electron chi connectivity index (χ0n) is 22.1. The maximum atomic E-state index is 13.8. The van der Waals surface area contributed by atoms with Crippen molar-refractivity contribution in [3.8, 4) is 0 Å². The van der Waals surface area contributed by atoms with Crippen LogP contribution in [0, 0.1) is 0 Å². The first-order valence-corrected chi connectivity index (χ1v) is 15.9. The molecule has 40 heavy (non-hydrogen) atoms. The molecule has 0 saturated carbocycles. The van der Waals surface area contributed by atoms with Gasteiger partial charge in [-0.25, -0.2) is 13.4 Å². The average molecular weight is 607 g/mol. The highest BCUT2D eigenvalue weighted by molar-refractivity contribution is 7.89. The van der Waals surface area contributed by atoms with E-state index < -0.39 is 16.1 Å². The highest BCUT2D eigenvalue weighted by Gasteiger charge is 2.40. The van der Waals surface area contributed by atoms with E-state index in [0.717, 1.165) is 30.1 Å². The van der Waals surface area contributed by atoms with Gasteiger partial charge in [0.15, 0.2) is 5.01 Å². The fourth-order valence-corrected chi connectivity index (χ4v) is 8.33. The number of piperazine rings is 1. The van der Waals surface area contributed by atoms with E-state index in [1.165, 1.54) is 15.6 Å². The van der Waals surface area contributed by atoms with Gasteiger partial charge in [-0.05, 0) is 31.3 Å². The fourth-order valence-electron chi connectivity index (χ4n) is 5.52. The molecule has 5 heterocycles. The number of carbonyl (C=O) groups is 2. The summed E-state index contributed by atoms with van der Waals surface area (Å²) in [6.45, 7) is 3.80. The summed E-state index contributed by atoms with van der Waals surface area (Å²) < 4.78 is 34.2. The Hall–Kier alpha value is -2.55. The topological polar surface area (TPSA) is 119 Å². The molecule has 2 amide bonds. The van der Waals surface area contributed by atoms with Crippen molar-refractivity contribution in [1.29, 1.82) is 0 Å². The van der Waals surface area contributed by atoms with Crippen molar-refractivity contribution in [1.82, 2.24) is 29.0 Å². The summed E-state index contributed by atoms with van der Waals surface area (Å²) >= 11 is 7.49. The predicted molar refractivity (Wildman–Crippen MR) is 151 cm³/mol. The summed E-state index contributed by atoms with van der Waals surface area (Å²) in [4.78, 5) is 41.3. The van der Waals surface area contributed by atoms with Crippen LogP contribution in [0.1, 0.15) is 26.8 Å². The van der Waals surface area contributed by atoms with E-state index in [1.54, 1.807) is 34.1 Å². The quantitative estimate of drug-likeness (QED) is 0.472. The van der Waals surface area contributed by atoms with Crippen LogP contribution < -0.4 is 0 Å². The number of thiazole rings is 1. The van der Waals surface area contributed by atoms with Gasteiger partial charge < -0.3 is 24.4 Å². The SMILES string of the molecule is CN1CCc2nc(C(=O)N3CCN(S(=O)(=O)c4cc5cc(Cl)ccc5[nH]4)CC3CC(=O)N3CCOCC3)sc2C1. The number of aromatic amines is 1. The third-order valence-corrected chi connectivity index (χ3v) is 10.9. The second-order valence-electron chi connectivity index (χ2n) is 10.5. The number of sulfonamides is 1. The lowest BCUT2D eigenvalue weighted by atomic mass is 10.1. The number of carbonyl (C=O) groups excluding carboxylic acids is 2. The number of likely N-dealkylation sites (N-methyl/N-ethyl adjacent to an activating group) is 1. The molecule has 1 unspecified atom stereocenters. The monoisotopic (exact) mass is 606 g/mol. The molecule has 2 saturated heterocycles. The molecule has 2 aromatic heterocycles. The molecule has 3 aliphatic heterocycles. The largest absolute Gasteiger partial charge is 0.378 e. The van der Waals surface area contributed by atoms with E-state index in [1.807, 2.05) is 7.05 Å². The third kappa shape index (κ3) is 5.38. The van der Waals surface area contributed by atoms with Gasteiger partial charge in [-0.3, -0.25) is 9.59 Å². The number of hydrogen-bond donors (Lipinski definition) is 1. The van der Waals surface area contributed by atoms with Crippen LogP contribution >= 0.6 is 22.9 Å². The molecule has 6 rings (SSSR count). The molecule has 0 aliphatic carbocycles. The number of H-pyrrole nitrogens is 1. The van der Waals surface area contributed by atoms with E-state index in [0.29, 0.717) is 47.2 Å². The number of nitrogens with one attached hydrogen (secondary N) is 1. The van der Waals surface area contributed by atoms with Gasteiger partial charge in [0.25, 0.3) is 15.9 Å². The first-order chi connectivity index (χ1) is 19.2. The van der Waals surface area contributed by atoms with Gasteiger partial charge in [-0.1, -0.05) is 11.6 Å². The maximum absolute atomic E-state index is 13.8. The summed E-state index contributed by atoms with van der Waals surface area (Å²) in [5.41, 5.74) is 1.61. The minimum Gasteiger partial charge on any atom is -0.378 e. The van der Waals surface area contributed by atoms with Crippen LogP contribution in [-0.2, 0) is 32.5 Å². The van der Waals surface area contributed by atoms with Crippen molar-refractivity contribution in [3.63, 3.8) is 0 Å². The Bertz CT molecular complexity index is 1550. The Morgan fingerprint density at radius 3 is 2.75 bits per heavy atom. The standard InChI is InChI=1S/C26H31ClN6O5S2/c1-30-5-4-21-22(16-30)39-25(29-21)26(35)33-7-6-32(15-19(33)14-24(34)31-8-10-38-11-9-31)40(36,37)23-13-17-12-18(27)2-3-20(17)28-23/h2-3,12-13,19,28H,4-11,14-16H2,1H3. The first kappa shape index (κ1) is 27.6. The smallest absolute Gasteiger partial charge is 0.283 e. The van der Waals surface area contributed by atoms with Crippen LogP contribution in [0.5, 0.6) is 0 Å². The molecular formula is C26H31ClN6O5S2. The molecule has 0 spiro atoms. The summed E-state index contributed by atoms with van der Waals surface area (Å²) in [5.74, 6) is -0.371. The summed E-state index contributed by atoms with van der Waals surface area (Å²) in [5, 5.41) is 1.66. The van der Waals surface area contributed by atoms with Crippen molar-refractivity contribution in [2.45, 2.75) is 30.5 Å². The Morgan fingerprint density at radius 1 is 1.15 bits per heavy atom. The number of hydrogen-bond acceptors (Lipinski definition) is 8. The Balaban J connectivity index is 1.27. The second kappa shape index (κ2) is 11.0. The van der Waals surface area contributed by atoms with Crippen molar-refractivity contribution in [2.24, 2.45) is 0 Å². The zero-order valence-corrected chi connectivity index (χ0v) is 24.5. The van der Waals surface area contributed by atoms with Gasteiger partial charge in [-0.15, -0.1) is 11.3 Å². The fraction of sp³-hybridized carbons (Fsp3) is 0.500. The summed E-state index contributed by atoms with van der Waals surface area (Å²) in [6, 6.07) is 6.08. The van der Waals surface area contributed by atoms with Crippen LogP contribution in [-0.4, -0.2) is 115 Å². The minimum atomic E-state index is -3.92. The molecule has 2 fully saturated rings. The number of amides is 2. The zero-order chi connectivity index (χ0) is 28.0. The van der Waals surface area contributed by atoms with Gasteiger partial charge >= 0.3 is 0 Å². The van der Waals surface area contributed by atoms with Gasteiger partial charge in [0, 0.05) is 79.5 Å². The second-order valence-corrected chi connectivity index (χ2v) is 13.9. The van der Waals surface area contributed by atoms with Crippen LogP contribution in [0.15, 0.2) is 29.3 Å². The van der Waals surface area contributed by atoms with Crippen molar-refractivity contribution in [2.75, 3.05) is 59.5 Å². The van der Waals surface area contributed by atoms with Crippen molar-refractivity contribution in [3.05, 3.63) is 44.9 Å². The maximum Gasteiger partial charge on any atom is 0.283 e. The minimum absolute atomic E-state index is 0.00804. The number of morpholine rings is 1. The number of nitrogens with zero attached hydrogens (tertiary/aromatic N) is 5. The van der Waals surface area contributed by atoms with Crippen LogP contribution in [0.2, 0.25) is 5.02 Å². The van der Waals surface area contributed by atoms with Crippen molar-refractivity contribution >= 4 is 55.7 Å². The van der Waals surface area contributed by atoms with Gasteiger partial charge in [0.2, 0.25) is 5.91 Å². The number of ether oxygens (including phenoxy) is 1. The lowest BCUT2D eigenvalue weighted by Crippen LogP contribution is -2.58. The molecule has 1 atom stereocenters. The number of rotatable bonds is 5. The molecule has 0 radical (unpaired) electrons. The Labute approximate surface area is 241 Å². The van der Waals surface area contributed by atoms with Crippen LogP contribution in [0.3, 0.4) is 0 Å². The van der Waals surface area contributed by atoms with Crippen LogP contribution in [0.25, 0.3) is 10.9 Å². The average Bonchev–Trinajstić information content (AvgIpc) is 3.57. The molecule has 11 nitrogen and oxygen atoms in total. The number of halogens is 1. The molecule has 1 aromatic carbocycles. The molecule has 0 bridgehead atoms. The Morgan fingerprint density at radius 2 is 1.95 bits per heavy atom. The molecule has 214 valence electrons. The van der Waals surface area contributed by atoms with Gasteiger partial charge in [0.1, 0.15) is 5.03 Å². The summed E-state index contributed by atoms with van der Waals surface area (Å²) in [6.07, 6.45) is 0.810. The summed E-state index contributed by atoms with van der Waals surface area (Å²) in [7, 11) is -1.88. The lowest BCUT2D eigenvalue weighted by Gasteiger charge is -2.41.